The molecule has 0 amide bonds. The first kappa shape index (κ1) is 22.9. The fourth-order valence-electron chi connectivity index (χ4n) is 4.45. The van der Waals surface area contributed by atoms with E-state index in [1.807, 2.05) is 12.3 Å². The minimum atomic E-state index is -0.345. The van der Waals surface area contributed by atoms with E-state index >= 15 is 0 Å². The van der Waals surface area contributed by atoms with E-state index in [0.717, 1.165) is 42.3 Å². The lowest BCUT2D eigenvalue weighted by molar-refractivity contribution is 0.152. The molecule has 0 aromatic heterocycles. The fraction of sp³-hybridized carbons (Fsp3) is 0.400. The molecule has 2 N–H and O–H groups in total. The van der Waals surface area contributed by atoms with Crippen LogP contribution in [0.2, 0.25) is 0 Å². The summed E-state index contributed by atoms with van der Waals surface area (Å²) in [6, 6.07) is 13.9. The van der Waals surface area contributed by atoms with Crippen molar-refractivity contribution in [2.24, 2.45) is 5.10 Å². The lowest BCUT2D eigenvalue weighted by Crippen LogP contribution is -2.54. The molecule has 0 radical (unpaired) electrons. The van der Waals surface area contributed by atoms with E-state index in [2.05, 4.69) is 63.3 Å². The number of rotatable bonds is 8. The van der Waals surface area contributed by atoms with Crippen LogP contribution in [0.1, 0.15) is 43.4 Å². The Balaban J connectivity index is 1.18. The molecule has 180 valence electrons. The molecule has 9 heteroatoms. The van der Waals surface area contributed by atoms with Crippen molar-refractivity contribution >= 4 is 16.9 Å². The SMILES string of the molecule is CCCCOc1ccc(C2CC3C4NN=C(SCc5ccc(OC)c(F)c5)N4C=CN3N2)cc1. The van der Waals surface area contributed by atoms with Crippen LogP contribution in [0.4, 0.5) is 4.39 Å². The second kappa shape index (κ2) is 10.1. The summed E-state index contributed by atoms with van der Waals surface area (Å²) in [6.45, 7) is 2.92. The fourth-order valence-corrected chi connectivity index (χ4v) is 5.36. The first-order valence-electron chi connectivity index (χ1n) is 11.7. The van der Waals surface area contributed by atoms with Crippen molar-refractivity contribution in [3.8, 4) is 11.5 Å². The molecular weight excluding hydrogens is 453 g/mol. The number of nitrogens with zero attached hydrogens (tertiary/aromatic N) is 3. The van der Waals surface area contributed by atoms with E-state index in [0.29, 0.717) is 5.75 Å². The maximum absolute atomic E-state index is 14.0. The Morgan fingerprint density at radius 1 is 1.18 bits per heavy atom. The molecule has 1 fully saturated rings. The molecular formula is C25H30FN5O2S. The molecule has 1 saturated heterocycles. The standard InChI is InChI=1S/C25H30FN5O2S/c1-3-4-13-33-19-8-6-18(7-9-19)21-15-22-24-27-28-25(30(24)11-12-31(22)29-21)34-16-17-5-10-23(32-2)20(26)14-17/h5-12,14,21-22,24,27,29H,3-4,13,15-16H2,1-2H3. The Kier molecular flexibility index (Phi) is 6.82. The van der Waals surface area contributed by atoms with E-state index in [-0.39, 0.29) is 29.8 Å². The van der Waals surface area contributed by atoms with E-state index < -0.39 is 0 Å². The van der Waals surface area contributed by atoms with Crippen molar-refractivity contribution in [1.29, 1.82) is 0 Å². The summed E-state index contributed by atoms with van der Waals surface area (Å²) in [7, 11) is 1.47. The molecule has 5 rings (SSSR count). The molecule has 0 saturated carbocycles. The summed E-state index contributed by atoms with van der Waals surface area (Å²) < 4.78 is 24.8. The van der Waals surface area contributed by atoms with Gasteiger partial charge in [-0.3, -0.25) is 5.43 Å². The van der Waals surface area contributed by atoms with Crippen molar-refractivity contribution in [1.82, 2.24) is 20.8 Å². The average molecular weight is 484 g/mol. The van der Waals surface area contributed by atoms with Gasteiger partial charge in [0, 0.05) is 18.2 Å². The lowest BCUT2D eigenvalue weighted by Gasteiger charge is -2.36. The Morgan fingerprint density at radius 3 is 2.79 bits per heavy atom. The molecule has 2 aromatic rings. The number of nitrogens with one attached hydrogen (secondary N) is 2. The third kappa shape index (κ3) is 4.67. The van der Waals surface area contributed by atoms with Gasteiger partial charge in [-0.2, -0.15) is 5.10 Å². The summed E-state index contributed by atoms with van der Waals surface area (Å²) in [5.41, 5.74) is 9.05. The quantitative estimate of drug-likeness (QED) is 0.534. The Labute approximate surface area is 203 Å². The third-order valence-electron chi connectivity index (χ3n) is 6.34. The first-order chi connectivity index (χ1) is 16.7. The average Bonchev–Trinajstić information content (AvgIpc) is 3.47. The van der Waals surface area contributed by atoms with Crippen LogP contribution >= 0.6 is 11.8 Å². The third-order valence-corrected chi connectivity index (χ3v) is 7.38. The molecule has 3 aliphatic rings. The van der Waals surface area contributed by atoms with Gasteiger partial charge in [-0.1, -0.05) is 43.3 Å². The molecule has 3 unspecified atom stereocenters. The molecule has 0 bridgehead atoms. The zero-order chi connectivity index (χ0) is 23.5. The zero-order valence-electron chi connectivity index (χ0n) is 19.4. The number of hydrogen-bond donors (Lipinski definition) is 2. The number of methoxy groups -OCH3 is 1. The number of benzene rings is 2. The first-order valence-corrected chi connectivity index (χ1v) is 12.7. The van der Waals surface area contributed by atoms with Gasteiger partial charge in [0.25, 0.3) is 0 Å². The molecule has 0 spiro atoms. The molecule has 34 heavy (non-hydrogen) atoms. The number of hydrazine groups is 1. The zero-order valence-corrected chi connectivity index (χ0v) is 20.2. The van der Waals surface area contributed by atoms with Crippen molar-refractivity contribution in [2.45, 2.75) is 50.2 Å². The summed E-state index contributed by atoms with van der Waals surface area (Å²) >= 11 is 1.59. The highest BCUT2D eigenvalue weighted by molar-refractivity contribution is 8.13. The predicted molar refractivity (Wildman–Crippen MR) is 133 cm³/mol. The van der Waals surface area contributed by atoms with Crippen LogP contribution in [-0.4, -0.2) is 41.0 Å². The predicted octanol–water partition coefficient (Wildman–Crippen LogP) is 4.55. The van der Waals surface area contributed by atoms with Gasteiger partial charge in [0.05, 0.1) is 25.8 Å². The van der Waals surface area contributed by atoms with Gasteiger partial charge < -0.3 is 19.4 Å². The smallest absolute Gasteiger partial charge is 0.189 e. The van der Waals surface area contributed by atoms with Gasteiger partial charge in [0.1, 0.15) is 11.9 Å². The maximum atomic E-state index is 14.0. The monoisotopic (exact) mass is 483 g/mol. The Bertz CT molecular complexity index is 1060. The summed E-state index contributed by atoms with van der Waals surface area (Å²) in [5, 5.41) is 7.63. The molecule has 3 atom stereocenters. The van der Waals surface area contributed by atoms with Crippen LogP contribution in [0.3, 0.4) is 0 Å². The Morgan fingerprint density at radius 2 is 2.03 bits per heavy atom. The molecule has 2 aromatic carbocycles. The van der Waals surface area contributed by atoms with Crippen molar-refractivity contribution in [3.63, 3.8) is 0 Å². The summed E-state index contributed by atoms with van der Waals surface area (Å²) in [6.07, 6.45) is 7.31. The number of amidine groups is 1. The number of ether oxygens (including phenoxy) is 2. The van der Waals surface area contributed by atoms with Gasteiger partial charge >= 0.3 is 0 Å². The maximum Gasteiger partial charge on any atom is 0.189 e. The highest BCUT2D eigenvalue weighted by Gasteiger charge is 2.44. The summed E-state index contributed by atoms with van der Waals surface area (Å²) in [5.74, 6) is 1.46. The molecule has 7 nitrogen and oxygen atoms in total. The van der Waals surface area contributed by atoms with Gasteiger partial charge in [-0.25, -0.2) is 9.82 Å². The highest BCUT2D eigenvalue weighted by Crippen LogP contribution is 2.36. The van der Waals surface area contributed by atoms with Gasteiger partial charge in [-0.05, 0) is 48.2 Å². The van der Waals surface area contributed by atoms with Crippen molar-refractivity contribution in [3.05, 3.63) is 71.8 Å². The molecule has 0 aliphatic carbocycles. The Hall–Kier alpha value is -2.91. The van der Waals surface area contributed by atoms with Crippen LogP contribution < -0.4 is 20.3 Å². The molecule has 3 aliphatic heterocycles. The number of thioether (sulfide) groups is 1. The summed E-state index contributed by atoms with van der Waals surface area (Å²) in [4.78, 5) is 2.17. The van der Waals surface area contributed by atoms with Crippen molar-refractivity contribution in [2.75, 3.05) is 13.7 Å². The minimum Gasteiger partial charge on any atom is -0.494 e. The van der Waals surface area contributed by atoms with Crippen LogP contribution in [0.5, 0.6) is 11.5 Å². The lowest BCUT2D eigenvalue weighted by atomic mass is 10.00. The topological polar surface area (TPSA) is 61.4 Å². The second-order valence-corrected chi connectivity index (χ2v) is 9.54. The van der Waals surface area contributed by atoms with Crippen molar-refractivity contribution < 1.29 is 13.9 Å². The number of halogens is 1. The molecule has 3 heterocycles. The van der Waals surface area contributed by atoms with E-state index in [9.17, 15) is 4.39 Å². The normalized spacial score (nSPS) is 22.8. The van der Waals surface area contributed by atoms with E-state index in [1.165, 1.54) is 18.7 Å². The number of fused-ring (bicyclic) bond motifs is 3. The number of hydrogen-bond acceptors (Lipinski definition) is 8. The van der Waals surface area contributed by atoms with Gasteiger partial charge in [0.2, 0.25) is 0 Å². The van der Waals surface area contributed by atoms with Crippen LogP contribution in [-0.2, 0) is 5.75 Å². The minimum absolute atomic E-state index is 0.0502. The van der Waals surface area contributed by atoms with E-state index in [1.54, 1.807) is 17.8 Å². The van der Waals surface area contributed by atoms with Crippen LogP contribution in [0.25, 0.3) is 0 Å². The second-order valence-electron chi connectivity index (χ2n) is 8.59. The van der Waals surface area contributed by atoms with E-state index in [4.69, 9.17) is 9.47 Å². The van der Waals surface area contributed by atoms with Crippen LogP contribution in [0.15, 0.2) is 60.0 Å². The highest BCUT2D eigenvalue weighted by atomic mass is 32.2. The van der Waals surface area contributed by atoms with Gasteiger partial charge in [0.15, 0.2) is 16.7 Å². The number of hydrazone groups is 1. The largest absolute Gasteiger partial charge is 0.494 e. The van der Waals surface area contributed by atoms with Crippen LogP contribution in [0, 0.1) is 5.82 Å². The van der Waals surface area contributed by atoms with Gasteiger partial charge in [-0.15, -0.1) is 0 Å². The number of unbranched alkanes of at least 4 members (excludes halogenated alkanes) is 1.